The van der Waals surface area contributed by atoms with Crippen molar-refractivity contribution in [2.45, 2.75) is 20.8 Å². The first-order valence-electron chi connectivity index (χ1n) is 5.29. The molecule has 0 aliphatic rings. The molecule has 0 saturated heterocycles. The largest absolute Gasteiger partial charge is 0.424 e. The number of halogens is 1. The first kappa shape index (κ1) is 12.0. The van der Waals surface area contributed by atoms with Crippen molar-refractivity contribution < 1.29 is 4.74 Å². The lowest BCUT2D eigenvalue weighted by Gasteiger charge is -2.08. The second kappa shape index (κ2) is 4.84. The molecule has 0 unspecified atom stereocenters. The highest BCUT2D eigenvalue weighted by atomic mass is 79.9. The lowest BCUT2D eigenvalue weighted by atomic mass is 10.1. The number of nitrogens with zero attached hydrogens (tertiary/aromatic N) is 2. The summed E-state index contributed by atoms with van der Waals surface area (Å²) >= 11 is 3.52. The van der Waals surface area contributed by atoms with Crippen LogP contribution in [-0.2, 0) is 0 Å². The van der Waals surface area contributed by atoms with Crippen LogP contribution in [0.4, 0.5) is 0 Å². The van der Waals surface area contributed by atoms with Gasteiger partial charge >= 0.3 is 6.01 Å². The fourth-order valence-corrected chi connectivity index (χ4v) is 1.73. The Morgan fingerprint density at radius 3 is 2.06 bits per heavy atom. The van der Waals surface area contributed by atoms with Crippen LogP contribution in [0.25, 0.3) is 0 Å². The topological polar surface area (TPSA) is 35.0 Å². The third-order valence-corrected chi connectivity index (χ3v) is 3.63. The zero-order chi connectivity index (χ0) is 12.4. The van der Waals surface area contributed by atoms with Crippen LogP contribution in [0, 0.1) is 20.8 Å². The summed E-state index contributed by atoms with van der Waals surface area (Å²) in [5.41, 5.74) is 3.28. The number of rotatable bonds is 2. The van der Waals surface area contributed by atoms with Gasteiger partial charge in [-0.25, -0.2) is 9.97 Å². The molecule has 0 N–H and O–H groups in total. The maximum absolute atomic E-state index is 5.61. The molecule has 1 aromatic carbocycles. The molecule has 0 radical (unpaired) electrons. The number of hydrogen-bond acceptors (Lipinski definition) is 3. The predicted octanol–water partition coefficient (Wildman–Crippen LogP) is 3.96. The lowest BCUT2D eigenvalue weighted by Crippen LogP contribution is -1.93. The van der Waals surface area contributed by atoms with E-state index in [2.05, 4.69) is 25.9 Å². The molecule has 1 heterocycles. The van der Waals surface area contributed by atoms with Gasteiger partial charge in [0.1, 0.15) is 5.75 Å². The molecule has 0 aliphatic heterocycles. The van der Waals surface area contributed by atoms with Gasteiger partial charge in [-0.3, -0.25) is 0 Å². The van der Waals surface area contributed by atoms with E-state index < -0.39 is 0 Å². The van der Waals surface area contributed by atoms with Crippen molar-refractivity contribution in [2.24, 2.45) is 0 Å². The first-order valence-corrected chi connectivity index (χ1v) is 6.09. The summed E-state index contributed by atoms with van der Waals surface area (Å²) in [4.78, 5) is 8.22. The lowest BCUT2D eigenvalue weighted by molar-refractivity contribution is 0.440. The second-order valence-corrected chi connectivity index (χ2v) is 4.81. The fraction of sp³-hybridized carbons (Fsp3) is 0.231. The molecule has 2 rings (SSSR count). The molecule has 0 saturated carbocycles. The Bertz CT molecular complexity index is 515. The molecule has 4 heteroatoms. The number of hydrogen-bond donors (Lipinski definition) is 0. The quantitative estimate of drug-likeness (QED) is 0.840. The number of aromatic nitrogens is 2. The molecule has 17 heavy (non-hydrogen) atoms. The Labute approximate surface area is 109 Å². The van der Waals surface area contributed by atoms with Crippen LogP contribution in [0.5, 0.6) is 11.8 Å². The van der Waals surface area contributed by atoms with Crippen LogP contribution < -0.4 is 4.74 Å². The Kier molecular flexibility index (Phi) is 3.43. The maximum atomic E-state index is 5.61. The van der Waals surface area contributed by atoms with Gasteiger partial charge in [0.25, 0.3) is 0 Å². The minimum absolute atomic E-state index is 0.372. The van der Waals surface area contributed by atoms with E-state index in [4.69, 9.17) is 4.74 Å². The summed E-state index contributed by atoms with van der Waals surface area (Å²) in [6, 6.07) is 4.29. The van der Waals surface area contributed by atoms with Crippen LogP contribution in [0.2, 0.25) is 0 Å². The fourth-order valence-electron chi connectivity index (χ4n) is 1.50. The standard InChI is InChI=1S/C13H13BrN2O/c1-8-6-15-13(16-7-8)17-11-4-9(2)12(14)10(3)5-11/h4-7H,1-3H3. The zero-order valence-corrected chi connectivity index (χ0v) is 11.6. The molecule has 1 aromatic heterocycles. The first-order chi connectivity index (χ1) is 8.06. The van der Waals surface area contributed by atoms with Gasteiger partial charge in [0, 0.05) is 16.9 Å². The normalized spacial score (nSPS) is 10.4. The molecule has 0 amide bonds. The molecule has 0 spiro atoms. The van der Waals surface area contributed by atoms with Crippen LogP contribution in [-0.4, -0.2) is 9.97 Å². The van der Waals surface area contributed by atoms with Gasteiger partial charge in [0.05, 0.1) is 0 Å². The van der Waals surface area contributed by atoms with Crippen LogP contribution in [0.15, 0.2) is 29.0 Å². The predicted molar refractivity (Wildman–Crippen MR) is 70.5 cm³/mol. The van der Waals surface area contributed by atoms with E-state index in [1.54, 1.807) is 12.4 Å². The van der Waals surface area contributed by atoms with Crippen molar-refractivity contribution in [3.05, 3.63) is 45.7 Å². The average molecular weight is 293 g/mol. The van der Waals surface area contributed by atoms with E-state index >= 15 is 0 Å². The minimum atomic E-state index is 0.372. The SMILES string of the molecule is Cc1cnc(Oc2cc(C)c(Br)c(C)c2)nc1. The van der Waals surface area contributed by atoms with Crippen molar-refractivity contribution in [2.75, 3.05) is 0 Å². The van der Waals surface area contributed by atoms with Gasteiger partial charge in [-0.15, -0.1) is 0 Å². The Morgan fingerprint density at radius 1 is 1.00 bits per heavy atom. The highest BCUT2D eigenvalue weighted by Gasteiger charge is 2.05. The summed E-state index contributed by atoms with van der Waals surface area (Å²) in [6.07, 6.45) is 3.47. The number of benzene rings is 1. The Morgan fingerprint density at radius 2 is 1.53 bits per heavy atom. The second-order valence-electron chi connectivity index (χ2n) is 4.02. The summed E-state index contributed by atoms with van der Waals surface area (Å²) in [7, 11) is 0. The van der Waals surface area contributed by atoms with E-state index in [1.807, 2.05) is 32.9 Å². The molecule has 88 valence electrons. The van der Waals surface area contributed by atoms with Gasteiger partial charge in [0.15, 0.2) is 0 Å². The zero-order valence-electron chi connectivity index (χ0n) is 9.99. The summed E-state index contributed by atoms with van der Waals surface area (Å²) in [6.45, 7) is 6.00. The number of aryl methyl sites for hydroxylation is 3. The Balaban J connectivity index is 2.27. The molecular formula is C13H13BrN2O. The van der Waals surface area contributed by atoms with E-state index in [0.717, 1.165) is 26.9 Å². The van der Waals surface area contributed by atoms with Crippen LogP contribution in [0.3, 0.4) is 0 Å². The van der Waals surface area contributed by atoms with Gasteiger partial charge in [0.2, 0.25) is 0 Å². The third kappa shape index (κ3) is 2.82. The maximum Gasteiger partial charge on any atom is 0.321 e. The molecular weight excluding hydrogens is 280 g/mol. The Hall–Kier alpha value is -1.42. The van der Waals surface area contributed by atoms with Crippen molar-refractivity contribution in [3.8, 4) is 11.8 Å². The third-order valence-electron chi connectivity index (χ3n) is 2.38. The van der Waals surface area contributed by atoms with Gasteiger partial charge in [-0.2, -0.15) is 0 Å². The summed E-state index contributed by atoms with van der Waals surface area (Å²) in [5, 5.41) is 0. The average Bonchev–Trinajstić information content (AvgIpc) is 2.29. The molecule has 0 atom stereocenters. The molecule has 0 aliphatic carbocycles. The van der Waals surface area contributed by atoms with Crippen molar-refractivity contribution in [1.82, 2.24) is 9.97 Å². The number of ether oxygens (including phenoxy) is 1. The minimum Gasteiger partial charge on any atom is -0.424 e. The smallest absolute Gasteiger partial charge is 0.321 e. The molecule has 2 aromatic rings. The van der Waals surface area contributed by atoms with E-state index in [1.165, 1.54) is 0 Å². The highest BCUT2D eigenvalue weighted by molar-refractivity contribution is 9.10. The van der Waals surface area contributed by atoms with E-state index in [-0.39, 0.29) is 0 Å². The van der Waals surface area contributed by atoms with Crippen molar-refractivity contribution in [1.29, 1.82) is 0 Å². The van der Waals surface area contributed by atoms with Crippen LogP contribution >= 0.6 is 15.9 Å². The van der Waals surface area contributed by atoms with Gasteiger partial charge in [-0.1, -0.05) is 15.9 Å². The summed E-state index contributed by atoms with van der Waals surface area (Å²) < 4.78 is 6.71. The molecule has 0 fully saturated rings. The highest BCUT2D eigenvalue weighted by Crippen LogP contribution is 2.28. The van der Waals surface area contributed by atoms with E-state index in [0.29, 0.717) is 6.01 Å². The van der Waals surface area contributed by atoms with Gasteiger partial charge in [-0.05, 0) is 49.6 Å². The van der Waals surface area contributed by atoms with Crippen molar-refractivity contribution >= 4 is 15.9 Å². The monoisotopic (exact) mass is 292 g/mol. The van der Waals surface area contributed by atoms with Crippen LogP contribution in [0.1, 0.15) is 16.7 Å². The summed E-state index contributed by atoms with van der Waals surface area (Å²) in [5.74, 6) is 0.757. The van der Waals surface area contributed by atoms with E-state index in [9.17, 15) is 0 Å². The molecule has 3 nitrogen and oxygen atoms in total. The van der Waals surface area contributed by atoms with Crippen molar-refractivity contribution in [3.63, 3.8) is 0 Å². The van der Waals surface area contributed by atoms with Gasteiger partial charge < -0.3 is 4.74 Å². The molecule has 0 bridgehead atoms.